The number of anilines is 1. The minimum Gasteiger partial charge on any atom is -0.496 e. The van der Waals surface area contributed by atoms with Crippen molar-refractivity contribution in [3.63, 3.8) is 0 Å². The maximum Gasteiger partial charge on any atom is 0.410 e. The average molecular weight is 683 g/mol. The van der Waals surface area contributed by atoms with Gasteiger partial charge in [-0.1, -0.05) is 25.2 Å². The molecule has 1 aliphatic heterocycles. The number of nitrogens with zero attached hydrogens (tertiary/aromatic N) is 6. The van der Waals surface area contributed by atoms with E-state index in [4.69, 9.17) is 14.5 Å². The van der Waals surface area contributed by atoms with Gasteiger partial charge in [-0.05, 0) is 120 Å². The molecule has 0 atom stereocenters. The van der Waals surface area contributed by atoms with Crippen LogP contribution in [0, 0.1) is 35.0 Å². The standard InChI is InChI=1S/C40H54N6O4/c1-7-30-23-44(24-30)40(48)50-36-15-13-33(14-16-36)39(47)45(38-20-34(18-19-42-38)35-22-43-46(26-35)27(2)3)25-31-9-11-32(12-10-31)28(4)8-17-37(49-6)29(5)21-41/h8,17-20,22,26-27,30-33,36H,4,7,9-16,23-25H2,1-3,5-6H3/b17-8-,37-29-/t31-,32-,33-,36-. The highest BCUT2D eigenvalue weighted by atomic mass is 16.6. The van der Waals surface area contributed by atoms with E-state index in [2.05, 4.69) is 38.5 Å². The summed E-state index contributed by atoms with van der Waals surface area (Å²) in [6.07, 6.45) is 16.9. The van der Waals surface area contributed by atoms with Gasteiger partial charge >= 0.3 is 6.09 Å². The van der Waals surface area contributed by atoms with Crippen LogP contribution in [0.2, 0.25) is 0 Å². The van der Waals surface area contributed by atoms with Crippen molar-refractivity contribution in [3.8, 4) is 17.2 Å². The highest BCUT2D eigenvalue weighted by Crippen LogP contribution is 2.37. The Hall–Kier alpha value is -4.39. The molecule has 10 heteroatoms. The minimum absolute atomic E-state index is 0.104. The summed E-state index contributed by atoms with van der Waals surface area (Å²) >= 11 is 0. The molecular formula is C40H54N6O4. The SMILES string of the molecule is C=C(/C=C\C(OC)=C(/C)C#N)[C@H]1CC[C@H](CN(c2cc(-c3cnn(C(C)C)c3)ccn2)C(=O)[C@H]2CC[C@H](OC(=O)N3CC(CC)C3)CC2)CC1. The molecule has 2 aliphatic carbocycles. The van der Waals surface area contributed by atoms with Gasteiger partial charge in [0.1, 0.15) is 17.7 Å². The maximum absolute atomic E-state index is 14.4. The van der Waals surface area contributed by atoms with Crippen molar-refractivity contribution >= 4 is 17.8 Å². The molecule has 0 N–H and O–H groups in total. The lowest BCUT2D eigenvalue weighted by Gasteiger charge is -2.39. The second kappa shape index (κ2) is 17.0. The molecule has 2 amide bonds. The number of hydrogen-bond acceptors (Lipinski definition) is 7. The Labute approximate surface area is 297 Å². The predicted octanol–water partition coefficient (Wildman–Crippen LogP) is 8.26. The summed E-state index contributed by atoms with van der Waals surface area (Å²) < 4.78 is 13.2. The molecule has 2 aromatic heterocycles. The fraction of sp³-hybridized carbons (Fsp3) is 0.575. The first-order valence-electron chi connectivity index (χ1n) is 18.4. The number of carbonyl (C=O) groups excluding carboxylic acids is 2. The Morgan fingerprint density at radius 1 is 1.06 bits per heavy atom. The van der Waals surface area contributed by atoms with Gasteiger partial charge < -0.3 is 14.4 Å². The number of rotatable bonds is 12. The number of likely N-dealkylation sites (tertiary alicyclic amines) is 1. The Bertz CT molecular complexity index is 1600. The molecule has 3 aliphatic rings. The zero-order valence-electron chi connectivity index (χ0n) is 30.5. The quantitative estimate of drug-likeness (QED) is 0.126. The molecule has 10 nitrogen and oxygen atoms in total. The summed E-state index contributed by atoms with van der Waals surface area (Å²) in [7, 11) is 1.57. The van der Waals surface area contributed by atoms with Crippen LogP contribution in [0.15, 0.2) is 66.4 Å². The third-order valence-electron chi connectivity index (χ3n) is 10.9. The van der Waals surface area contributed by atoms with Crippen molar-refractivity contribution in [3.05, 3.63) is 66.4 Å². The molecule has 0 radical (unpaired) electrons. The molecule has 3 fully saturated rings. The van der Waals surface area contributed by atoms with Crippen LogP contribution in [0.3, 0.4) is 0 Å². The van der Waals surface area contributed by atoms with Gasteiger partial charge in [-0.2, -0.15) is 10.4 Å². The number of aromatic nitrogens is 3. The van der Waals surface area contributed by atoms with Crippen molar-refractivity contribution in [2.75, 3.05) is 31.6 Å². The van der Waals surface area contributed by atoms with Crippen molar-refractivity contribution in [2.24, 2.45) is 23.7 Å². The van der Waals surface area contributed by atoms with Crippen LogP contribution in [0.1, 0.15) is 91.5 Å². The van der Waals surface area contributed by atoms with Gasteiger partial charge in [0.15, 0.2) is 0 Å². The highest BCUT2D eigenvalue weighted by Gasteiger charge is 2.36. The molecule has 1 saturated heterocycles. The molecule has 2 saturated carbocycles. The Balaban J connectivity index is 1.26. The first-order chi connectivity index (χ1) is 24.1. The van der Waals surface area contributed by atoms with Gasteiger partial charge in [0.25, 0.3) is 0 Å². The molecule has 268 valence electrons. The van der Waals surface area contributed by atoms with Gasteiger partial charge in [-0.3, -0.25) is 14.4 Å². The van der Waals surface area contributed by atoms with Gasteiger partial charge in [0.2, 0.25) is 5.91 Å². The number of ether oxygens (including phenoxy) is 2. The molecule has 0 unspecified atom stereocenters. The van der Waals surface area contributed by atoms with Gasteiger partial charge in [-0.15, -0.1) is 0 Å². The van der Waals surface area contributed by atoms with E-state index in [0.29, 0.717) is 67.1 Å². The van der Waals surface area contributed by atoms with E-state index in [0.717, 1.165) is 61.9 Å². The molecule has 0 bridgehead atoms. The van der Waals surface area contributed by atoms with Crippen LogP contribution in [-0.4, -0.2) is 64.5 Å². The molecule has 5 rings (SSSR count). The Kier molecular flexibility index (Phi) is 12.6. The topological polar surface area (TPSA) is 114 Å². The predicted molar refractivity (Wildman–Crippen MR) is 195 cm³/mol. The minimum atomic E-state index is -0.213. The molecule has 50 heavy (non-hydrogen) atoms. The molecule has 0 aromatic carbocycles. The Morgan fingerprint density at radius 2 is 1.76 bits per heavy atom. The lowest BCUT2D eigenvalue weighted by Crippen LogP contribution is -2.50. The van der Waals surface area contributed by atoms with Crippen LogP contribution in [-0.2, 0) is 14.3 Å². The van der Waals surface area contributed by atoms with Crippen LogP contribution >= 0.6 is 0 Å². The van der Waals surface area contributed by atoms with E-state index in [1.54, 1.807) is 25.1 Å². The highest BCUT2D eigenvalue weighted by molar-refractivity contribution is 5.94. The van der Waals surface area contributed by atoms with E-state index in [-0.39, 0.29) is 30.1 Å². The summed E-state index contributed by atoms with van der Waals surface area (Å²) in [5, 5.41) is 13.8. The van der Waals surface area contributed by atoms with Crippen molar-refractivity contribution in [2.45, 2.75) is 97.6 Å². The van der Waals surface area contributed by atoms with Gasteiger partial charge in [0, 0.05) is 49.6 Å². The number of nitriles is 1. The number of hydrogen-bond donors (Lipinski definition) is 0. The third kappa shape index (κ3) is 9.04. The monoisotopic (exact) mass is 682 g/mol. The summed E-state index contributed by atoms with van der Waals surface area (Å²) in [5.41, 5.74) is 3.54. The number of allylic oxidation sites excluding steroid dienone is 4. The summed E-state index contributed by atoms with van der Waals surface area (Å²) in [5.74, 6) is 2.43. The molecule has 2 aromatic rings. The van der Waals surface area contributed by atoms with E-state index >= 15 is 0 Å². The lowest BCUT2D eigenvalue weighted by atomic mass is 9.78. The molecule has 3 heterocycles. The number of amides is 2. The van der Waals surface area contributed by atoms with Crippen LogP contribution in [0.25, 0.3) is 11.1 Å². The number of carbonyl (C=O) groups is 2. The molecular weight excluding hydrogens is 628 g/mol. The van der Waals surface area contributed by atoms with Crippen molar-refractivity contribution in [1.29, 1.82) is 5.26 Å². The number of methoxy groups -OCH3 is 1. The van der Waals surface area contributed by atoms with E-state index in [9.17, 15) is 14.9 Å². The maximum atomic E-state index is 14.4. The third-order valence-corrected chi connectivity index (χ3v) is 10.9. The van der Waals surface area contributed by atoms with E-state index in [1.165, 1.54) is 0 Å². The van der Waals surface area contributed by atoms with E-state index < -0.39 is 0 Å². The summed E-state index contributed by atoms with van der Waals surface area (Å²) in [4.78, 5) is 35.5. The normalized spacial score (nSPS) is 23.2. The average Bonchev–Trinajstić information content (AvgIpc) is 3.62. The Morgan fingerprint density at radius 3 is 2.38 bits per heavy atom. The fourth-order valence-electron chi connectivity index (χ4n) is 7.35. The number of pyridine rings is 1. The largest absolute Gasteiger partial charge is 0.496 e. The first-order valence-corrected chi connectivity index (χ1v) is 18.4. The zero-order valence-corrected chi connectivity index (χ0v) is 30.5. The molecule has 0 spiro atoms. The zero-order chi connectivity index (χ0) is 35.8. The second-order valence-electron chi connectivity index (χ2n) is 14.6. The summed E-state index contributed by atoms with van der Waals surface area (Å²) in [6, 6.07) is 6.38. The van der Waals surface area contributed by atoms with Gasteiger partial charge in [-0.25, -0.2) is 9.78 Å². The van der Waals surface area contributed by atoms with Crippen molar-refractivity contribution < 1.29 is 19.1 Å². The van der Waals surface area contributed by atoms with Gasteiger partial charge in [0.05, 0.1) is 24.9 Å². The van der Waals surface area contributed by atoms with Crippen molar-refractivity contribution in [1.82, 2.24) is 19.7 Å². The smallest absolute Gasteiger partial charge is 0.410 e. The van der Waals surface area contributed by atoms with Crippen LogP contribution in [0.5, 0.6) is 0 Å². The van der Waals surface area contributed by atoms with Crippen LogP contribution < -0.4 is 4.90 Å². The fourth-order valence-corrected chi connectivity index (χ4v) is 7.35. The summed E-state index contributed by atoms with van der Waals surface area (Å²) in [6.45, 7) is 14.6. The van der Waals surface area contributed by atoms with Crippen LogP contribution in [0.4, 0.5) is 10.6 Å². The first kappa shape index (κ1) is 36.9. The van der Waals surface area contributed by atoms with E-state index in [1.807, 2.05) is 46.3 Å². The lowest BCUT2D eigenvalue weighted by molar-refractivity contribution is -0.124. The second-order valence-corrected chi connectivity index (χ2v) is 14.6.